The van der Waals surface area contributed by atoms with Crippen LogP contribution in [0.1, 0.15) is 29.9 Å². The number of anilines is 2. The van der Waals surface area contributed by atoms with Crippen LogP contribution >= 0.6 is 0 Å². The van der Waals surface area contributed by atoms with Gasteiger partial charge in [0.25, 0.3) is 0 Å². The fourth-order valence-corrected chi connectivity index (χ4v) is 3.92. The van der Waals surface area contributed by atoms with Crippen molar-refractivity contribution in [2.75, 3.05) is 44.5 Å². The summed E-state index contributed by atoms with van der Waals surface area (Å²) in [7, 11) is 1.54. The van der Waals surface area contributed by atoms with Crippen molar-refractivity contribution >= 4 is 22.4 Å². The number of benzene rings is 2. The number of hydrogen-bond acceptors (Lipinski definition) is 8. The van der Waals surface area contributed by atoms with Gasteiger partial charge in [-0.25, -0.2) is 9.97 Å². The smallest absolute Gasteiger partial charge is 0.416 e. The van der Waals surface area contributed by atoms with E-state index in [9.17, 15) is 13.2 Å². The Labute approximate surface area is 201 Å². The Morgan fingerprint density at radius 1 is 1.20 bits per heavy atom. The summed E-state index contributed by atoms with van der Waals surface area (Å²) in [6.45, 7) is 5.90. The molecule has 2 heterocycles. The number of nitrogen functional groups attached to an aromatic ring is 1. The maximum Gasteiger partial charge on any atom is 0.416 e. The van der Waals surface area contributed by atoms with Crippen molar-refractivity contribution in [2.24, 2.45) is 0 Å². The van der Waals surface area contributed by atoms with Crippen molar-refractivity contribution < 1.29 is 27.4 Å². The normalized spacial score (nSPS) is 17.3. The first-order valence-corrected chi connectivity index (χ1v) is 11.2. The molecule has 1 aliphatic rings. The number of morpholine rings is 1. The SMILES string of the molecule is COc1cc2nc(C)nc(N[C@H](C)c3cc(N)cc(C(F)(F)F)c3)c2cc1OC[C@H]1CNCCO1. The summed E-state index contributed by atoms with van der Waals surface area (Å²) in [5.41, 5.74) is 5.97. The van der Waals surface area contributed by atoms with Gasteiger partial charge in [-0.1, -0.05) is 0 Å². The lowest BCUT2D eigenvalue weighted by Gasteiger charge is -2.24. The molecule has 3 aromatic rings. The van der Waals surface area contributed by atoms with E-state index < -0.39 is 17.8 Å². The Balaban J connectivity index is 1.66. The number of nitrogens with two attached hydrogens (primary N) is 1. The fourth-order valence-electron chi connectivity index (χ4n) is 3.92. The number of fused-ring (bicyclic) bond motifs is 1. The average Bonchev–Trinajstić information content (AvgIpc) is 2.82. The van der Waals surface area contributed by atoms with Gasteiger partial charge in [0.15, 0.2) is 11.5 Å². The Morgan fingerprint density at radius 2 is 2.00 bits per heavy atom. The van der Waals surface area contributed by atoms with Gasteiger partial charge in [0.05, 0.1) is 30.8 Å². The number of alkyl halides is 3. The molecule has 0 aliphatic carbocycles. The third-order valence-corrected chi connectivity index (χ3v) is 5.68. The third-order valence-electron chi connectivity index (χ3n) is 5.68. The van der Waals surface area contributed by atoms with Crippen LogP contribution in [-0.4, -0.2) is 49.5 Å². The summed E-state index contributed by atoms with van der Waals surface area (Å²) >= 11 is 0. The second kappa shape index (κ2) is 10.1. The zero-order valence-corrected chi connectivity index (χ0v) is 19.7. The Morgan fingerprint density at radius 3 is 2.69 bits per heavy atom. The van der Waals surface area contributed by atoms with Crippen molar-refractivity contribution in [3.8, 4) is 11.5 Å². The molecule has 188 valence electrons. The van der Waals surface area contributed by atoms with Crippen LogP contribution in [0, 0.1) is 6.92 Å². The van der Waals surface area contributed by atoms with Crippen molar-refractivity contribution in [2.45, 2.75) is 32.2 Å². The van der Waals surface area contributed by atoms with Gasteiger partial charge < -0.3 is 30.6 Å². The van der Waals surface area contributed by atoms with Crippen LogP contribution in [-0.2, 0) is 10.9 Å². The third kappa shape index (κ3) is 5.85. The van der Waals surface area contributed by atoms with E-state index in [2.05, 4.69) is 20.6 Å². The van der Waals surface area contributed by atoms with Gasteiger partial charge in [-0.15, -0.1) is 0 Å². The predicted molar refractivity (Wildman–Crippen MR) is 127 cm³/mol. The van der Waals surface area contributed by atoms with Gasteiger partial charge in [-0.2, -0.15) is 13.2 Å². The Kier molecular flexibility index (Phi) is 7.18. The van der Waals surface area contributed by atoms with Gasteiger partial charge in [0, 0.05) is 30.2 Å². The molecule has 0 amide bonds. The van der Waals surface area contributed by atoms with Crippen LogP contribution < -0.4 is 25.8 Å². The van der Waals surface area contributed by atoms with Crippen LogP contribution in [0.15, 0.2) is 30.3 Å². The lowest BCUT2D eigenvalue weighted by molar-refractivity contribution is -0.137. The molecular formula is C24H28F3N5O3. The quantitative estimate of drug-likeness (QED) is 0.425. The monoisotopic (exact) mass is 491 g/mol. The van der Waals surface area contributed by atoms with Crippen LogP contribution in [0.4, 0.5) is 24.7 Å². The lowest BCUT2D eigenvalue weighted by Crippen LogP contribution is -2.41. The molecule has 0 saturated carbocycles. The van der Waals surface area contributed by atoms with E-state index in [1.807, 2.05) is 0 Å². The fraction of sp³-hybridized carbons (Fsp3) is 0.417. The maximum atomic E-state index is 13.3. The van der Waals surface area contributed by atoms with Gasteiger partial charge in [0.1, 0.15) is 24.4 Å². The molecule has 0 bridgehead atoms. The molecule has 1 aliphatic heterocycles. The molecule has 11 heteroatoms. The minimum atomic E-state index is -4.50. The molecule has 1 saturated heterocycles. The summed E-state index contributed by atoms with van der Waals surface area (Å²) in [6.07, 6.45) is -4.59. The number of rotatable bonds is 7. The molecular weight excluding hydrogens is 463 g/mol. The Bertz CT molecular complexity index is 1200. The van der Waals surface area contributed by atoms with E-state index in [1.165, 1.54) is 6.07 Å². The van der Waals surface area contributed by atoms with Crippen molar-refractivity contribution in [3.63, 3.8) is 0 Å². The maximum absolute atomic E-state index is 13.3. The molecule has 4 rings (SSSR count). The zero-order valence-electron chi connectivity index (χ0n) is 19.7. The number of nitrogens with one attached hydrogen (secondary N) is 2. The first-order valence-electron chi connectivity index (χ1n) is 11.2. The largest absolute Gasteiger partial charge is 0.493 e. The van der Waals surface area contributed by atoms with Crippen LogP contribution in [0.5, 0.6) is 11.5 Å². The molecule has 2 aromatic carbocycles. The van der Waals surface area contributed by atoms with Gasteiger partial charge in [-0.3, -0.25) is 0 Å². The summed E-state index contributed by atoms with van der Waals surface area (Å²) in [4.78, 5) is 8.99. The highest BCUT2D eigenvalue weighted by atomic mass is 19.4. The van der Waals surface area contributed by atoms with Crippen LogP contribution in [0.2, 0.25) is 0 Å². The second-order valence-corrected chi connectivity index (χ2v) is 8.40. The second-order valence-electron chi connectivity index (χ2n) is 8.40. The van der Waals surface area contributed by atoms with E-state index >= 15 is 0 Å². The van der Waals surface area contributed by atoms with Crippen LogP contribution in [0.3, 0.4) is 0 Å². The number of ether oxygens (including phenoxy) is 3. The van der Waals surface area contributed by atoms with E-state index in [0.717, 1.165) is 18.7 Å². The molecule has 8 nitrogen and oxygen atoms in total. The van der Waals surface area contributed by atoms with E-state index in [-0.39, 0.29) is 11.8 Å². The van der Waals surface area contributed by atoms with Gasteiger partial charge >= 0.3 is 6.18 Å². The minimum absolute atomic E-state index is 0.0343. The summed E-state index contributed by atoms with van der Waals surface area (Å²) in [5.74, 6) is 1.94. The highest BCUT2D eigenvalue weighted by molar-refractivity contribution is 5.92. The number of aryl methyl sites for hydroxylation is 1. The van der Waals surface area contributed by atoms with E-state index in [1.54, 1.807) is 33.1 Å². The van der Waals surface area contributed by atoms with Crippen LogP contribution in [0.25, 0.3) is 10.9 Å². The molecule has 0 unspecified atom stereocenters. The number of nitrogens with zero attached hydrogens (tertiary/aromatic N) is 2. The minimum Gasteiger partial charge on any atom is -0.493 e. The summed E-state index contributed by atoms with van der Waals surface area (Å²) < 4.78 is 57.1. The standard InChI is InChI=1S/C24H28F3N5O3/c1-13(15-6-16(24(25,26)27)8-17(28)7-15)30-23-19-9-22(35-12-18-11-29-4-5-34-18)21(33-3)10-20(19)31-14(2)32-23/h6-10,13,18,29H,4-5,11-12,28H2,1-3H3,(H,30,31,32)/t13-,18-/m1/s1. The van der Waals surface area contributed by atoms with E-state index in [0.29, 0.717) is 59.4 Å². The number of aromatic nitrogens is 2. The molecule has 4 N–H and O–H groups in total. The molecule has 0 radical (unpaired) electrons. The first-order chi connectivity index (χ1) is 16.6. The number of hydrogen-bond donors (Lipinski definition) is 3. The number of methoxy groups -OCH3 is 1. The molecule has 1 fully saturated rings. The molecule has 0 spiro atoms. The van der Waals surface area contributed by atoms with Crippen molar-refractivity contribution in [1.82, 2.24) is 15.3 Å². The van der Waals surface area contributed by atoms with Gasteiger partial charge in [-0.05, 0) is 43.7 Å². The first kappa shape index (κ1) is 24.8. The van der Waals surface area contributed by atoms with Crippen molar-refractivity contribution in [1.29, 1.82) is 0 Å². The zero-order chi connectivity index (χ0) is 25.2. The van der Waals surface area contributed by atoms with Gasteiger partial charge in [0.2, 0.25) is 0 Å². The average molecular weight is 492 g/mol. The molecule has 35 heavy (non-hydrogen) atoms. The lowest BCUT2D eigenvalue weighted by atomic mass is 10.0. The van der Waals surface area contributed by atoms with E-state index in [4.69, 9.17) is 19.9 Å². The highest BCUT2D eigenvalue weighted by Crippen LogP contribution is 2.37. The molecule has 1 aromatic heterocycles. The molecule has 2 atom stereocenters. The number of halogens is 3. The predicted octanol–water partition coefficient (Wildman–Crippen LogP) is 4.09. The summed E-state index contributed by atoms with van der Waals surface area (Å²) in [5, 5.41) is 7.11. The Hall–Kier alpha value is -3.31. The summed E-state index contributed by atoms with van der Waals surface area (Å²) in [6, 6.07) is 6.50. The highest BCUT2D eigenvalue weighted by Gasteiger charge is 2.31. The van der Waals surface area contributed by atoms with Crippen molar-refractivity contribution in [3.05, 3.63) is 47.3 Å². The topological polar surface area (TPSA) is 104 Å².